The van der Waals surface area contributed by atoms with Crippen LogP contribution in [0.4, 0.5) is 0 Å². The first-order valence-electron chi connectivity index (χ1n) is 3.55. The molecule has 3 N–H and O–H groups in total. The van der Waals surface area contributed by atoms with Gasteiger partial charge in [-0.15, -0.1) is 0 Å². The predicted octanol–water partition coefficient (Wildman–Crippen LogP) is -0.415. The van der Waals surface area contributed by atoms with E-state index in [4.69, 9.17) is 10.2 Å². The van der Waals surface area contributed by atoms with Gasteiger partial charge in [0.15, 0.2) is 0 Å². The van der Waals surface area contributed by atoms with Gasteiger partial charge in [0, 0.05) is 0 Å². The van der Waals surface area contributed by atoms with Gasteiger partial charge in [0.05, 0.1) is 6.10 Å². The van der Waals surface area contributed by atoms with Crippen LogP contribution >= 0.6 is 0 Å². The van der Waals surface area contributed by atoms with Crippen LogP contribution in [0.5, 0.6) is 0 Å². The Balaban J connectivity index is 2.78. The topological polar surface area (TPSA) is 60.7 Å². The summed E-state index contributed by atoms with van der Waals surface area (Å²) < 4.78 is 0. The Hall–Kier alpha value is -0.640. The number of hydrogen-bond donors (Lipinski definition) is 3. The molecule has 0 aromatic carbocycles. The van der Waals surface area contributed by atoms with Crippen LogP contribution in [0.25, 0.3) is 0 Å². The minimum atomic E-state index is -0.958. The van der Waals surface area contributed by atoms with Crippen molar-refractivity contribution in [3.05, 3.63) is 23.8 Å². The molecular formula is C8H12O3. The molecule has 0 aromatic rings. The first-order valence-corrected chi connectivity index (χ1v) is 3.55. The molecule has 0 aromatic heterocycles. The molecule has 62 valence electrons. The van der Waals surface area contributed by atoms with Crippen molar-refractivity contribution in [1.82, 2.24) is 0 Å². The number of aliphatic hydroxyl groups is 3. The van der Waals surface area contributed by atoms with E-state index in [0.29, 0.717) is 5.57 Å². The van der Waals surface area contributed by atoms with E-state index in [9.17, 15) is 5.11 Å². The Morgan fingerprint density at radius 1 is 1.45 bits per heavy atom. The lowest BCUT2D eigenvalue weighted by Crippen LogP contribution is -2.32. The summed E-state index contributed by atoms with van der Waals surface area (Å²) in [6, 6.07) is 0. The zero-order valence-corrected chi connectivity index (χ0v) is 6.31. The minimum absolute atomic E-state index is 0.458. The second-order valence-corrected chi connectivity index (χ2v) is 2.66. The van der Waals surface area contributed by atoms with Gasteiger partial charge in [0.1, 0.15) is 12.2 Å². The molecule has 3 nitrogen and oxygen atoms in total. The van der Waals surface area contributed by atoms with Gasteiger partial charge in [-0.05, 0) is 12.5 Å². The molecule has 3 heteroatoms. The largest absolute Gasteiger partial charge is 0.389 e. The first kappa shape index (κ1) is 8.46. The van der Waals surface area contributed by atoms with E-state index >= 15 is 0 Å². The molecule has 0 bridgehead atoms. The van der Waals surface area contributed by atoms with E-state index in [1.54, 1.807) is 19.1 Å². The molecule has 11 heavy (non-hydrogen) atoms. The molecule has 1 aliphatic carbocycles. The molecule has 0 spiro atoms. The fourth-order valence-electron chi connectivity index (χ4n) is 1.07. The average molecular weight is 156 g/mol. The standard InChI is InChI=1S/C8H12O3/c1-5(9)6-3-2-4-7(10)8(6)11/h2-5,7-11H,1H3/t5?,7-,8+/m0/s1. The fraction of sp³-hybridized carbons (Fsp3) is 0.500. The summed E-state index contributed by atoms with van der Waals surface area (Å²) in [5.41, 5.74) is 0.458. The summed E-state index contributed by atoms with van der Waals surface area (Å²) in [6.07, 6.45) is 2.17. The van der Waals surface area contributed by atoms with E-state index in [-0.39, 0.29) is 0 Å². The van der Waals surface area contributed by atoms with Crippen molar-refractivity contribution < 1.29 is 15.3 Å². The summed E-state index contributed by atoms with van der Waals surface area (Å²) in [5, 5.41) is 27.5. The van der Waals surface area contributed by atoms with Gasteiger partial charge in [-0.1, -0.05) is 18.2 Å². The van der Waals surface area contributed by atoms with Crippen molar-refractivity contribution in [2.75, 3.05) is 0 Å². The van der Waals surface area contributed by atoms with Crippen LogP contribution in [0.15, 0.2) is 23.8 Å². The van der Waals surface area contributed by atoms with Gasteiger partial charge < -0.3 is 15.3 Å². The van der Waals surface area contributed by atoms with Crippen molar-refractivity contribution in [2.45, 2.75) is 25.2 Å². The minimum Gasteiger partial charge on any atom is -0.389 e. The SMILES string of the molecule is CC(O)C1=CC=C[C@H](O)[C@@H]1O. The first-order chi connectivity index (χ1) is 5.13. The zero-order chi connectivity index (χ0) is 8.43. The molecule has 0 radical (unpaired) electrons. The lowest BCUT2D eigenvalue weighted by Gasteiger charge is -2.22. The van der Waals surface area contributed by atoms with Crippen molar-refractivity contribution >= 4 is 0 Å². The Morgan fingerprint density at radius 3 is 2.55 bits per heavy atom. The Labute approximate surface area is 65.3 Å². The lowest BCUT2D eigenvalue weighted by atomic mass is 9.96. The van der Waals surface area contributed by atoms with Gasteiger partial charge in [0.25, 0.3) is 0 Å². The molecule has 0 saturated heterocycles. The summed E-state index contributed by atoms with van der Waals surface area (Å²) in [5.74, 6) is 0. The van der Waals surface area contributed by atoms with Crippen molar-refractivity contribution in [1.29, 1.82) is 0 Å². The molecule has 3 atom stereocenters. The van der Waals surface area contributed by atoms with E-state index in [2.05, 4.69) is 0 Å². The third-order valence-corrected chi connectivity index (χ3v) is 1.74. The second-order valence-electron chi connectivity index (χ2n) is 2.66. The monoisotopic (exact) mass is 156 g/mol. The third kappa shape index (κ3) is 1.68. The number of rotatable bonds is 1. The van der Waals surface area contributed by atoms with Gasteiger partial charge >= 0.3 is 0 Å². The molecule has 1 rings (SSSR count). The van der Waals surface area contributed by atoms with Gasteiger partial charge in [-0.2, -0.15) is 0 Å². The zero-order valence-electron chi connectivity index (χ0n) is 6.31. The van der Waals surface area contributed by atoms with Crippen LogP contribution < -0.4 is 0 Å². The maximum absolute atomic E-state index is 9.28. The average Bonchev–Trinajstić information content (AvgIpc) is 1.94. The quantitative estimate of drug-likeness (QED) is 0.483. The van der Waals surface area contributed by atoms with Crippen molar-refractivity contribution in [3.8, 4) is 0 Å². The molecule has 1 aliphatic rings. The van der Waals surface area contributed by atoms with Crippen LogP contribution in [0.3, 0.4) is 0 Å². The highest BCUT2D eigenvalue weighted by Crippen LogP contribution is 2.16. The van der Waals surface area contributed by atoms with E-state index in [1.807, 2.05) is 0 Å². The molecular weight excluding hydrogens is 144 g/mol. The Bertz CT molecular complexity index is 194. The molecule has 0 heterocycles. The Kier molecular flexibility index (Phi) is 2.44. The maximum Gasteiger partial charge on any atom is 0.107 e. The smallest absolute Gasteiger partial charge is 0.107 e. The third-order valence-electron chi connectivity index (χ3n) is 1.74. The highest BCUT2D eigenvalue weighted by atomic mass is 16.3. The number of aliphatic hydroxyl groups excluding tert-OH is 3. The number of hydrogen-bond acceptors (Lipinski definition) is 3. The normalized spacial score (nSPS) is 33.3. The molecule has 0 aliphatic heterocycles. The van der Waals surface area contributed by atoms with E-state index < -0.39 is 18.3 Å². The highest BCUT2D eigenvalue weighted by Gasteiger charge is 2.23. The fourth-order valence-corrected chi connectivity index (χ4v) is 1.07. The van der Waals surface area contributed by atoms with Crippen LogP contribution in [0.2, 0.25) is 0 Å². The van der Waals surface area contributed by atoms with E-state index in [0.717, 1.165) is 0 Å². The summed E-state index contributed by atoms with van der Waals surface area (Å²) in [6.45, 7) is 1.56. The van der Waals surface area contributed by atoms with Crippen LogP contribution in [0, 0.1) is 0 Å². The summed E-state index contributed by atoms with van der Waals surface area (Å²) in [7, 11) is 0. The number of allylic oxidation sites excluding steroid dienone is 2. The molecule has 1 unspecified atom stereocenters. The molecule has 0 saturated carbocycles. The summed E-state index contributed by atoms with van der Waals surface area (Å²) in [4.78, 5) is 0. The van der Waals surface area contributed by atoms with Gasteiger partial charge in [0.2, 0.25) is 0 Å². The maximum atomic E-state index is 9.28. The van der Waals surface area contributed by atoms with Crippen molar-refractivity contribution in [3.63, 3.8) is 0 Å². The van der Waals surface area contributed by atoms with E-state index in [1.165, 1.54) is 6.08 Å². The molecule has 0 amide bonds. The highest BCUT2D eigenvalue weighted by molar-refractivity contribution is 5.27. The van der Waals surface area contributed by atoms with Crippen LogP contribution in [-0.4, -0.2) is 33.6 Å². The van der Waals surface area contributed by atoms with Crippen LogP contribution in [-0.2, 0) is 0 Å². The lowest BCUT2D eigenvalue weighted by molar-refractivity contribution is 0.0539. The van der Waals surface area contributed by atoms with Crippen LogP contribution in [0.1, 0.15) is 6.92 Å². The predicted molar refractivity (Wildman–Crippen MR) is 40.9 cm³/mol. The summed E-state index contributed by atoms with van der Waals surface area (Å²) >= 11 is 0. The second kappa shape index (κ2) is 3.17. The van der Waals surface area contributed by atoms with Gasteiger partial charge in [-0.25, -0.2) is 0 Å². The van der Waals surface area contributed by atoms with Crippen molar-refractivity contribution in [2.24, 2.45) is 0 Å². The molecule has 0 fully saturated rings. The Morgan fingerprint density at radius 2 is 2.09 bits per heavy atom. The van der Waals surface area contributed by atoms with Gasteiger partial charge in [-0.3, -0.25) is 0 Å².